The van der Waals surface area contributed by atoms with Crippen molar-refractivity contribution in [2.75, 3.05) is 0 Å². The topological polar surface area (TPSA) is 12.0 Å². The summed E-state index contributed by atoms with van der Waals surface area (Å²) >= 11 is 7.86. The molecule has 15 heavy (non-hydrogen) atoms. The van der Waals surface area contributed by atoms with Gasteiger partial charge in [-0.2, -0.15) is 0 Å². The van der Waals surface area contributed by atoms with Gasteiger partial charge >= 0.3 is 0 Å². The zero-order valence-electron chi connectivity index (χ0n) is 8.92. The summed E-state index contributed by atoms with van der Waals surface area (Å²) in [6, 6.07) is 3.51. The van der Waals surface area contributed by atoms with E-state index in [-0.39, 0.29) is 0 Å². The number of thiophene rings is 1. The molecule has 0 bridgehead atoms. The van der Waals surface area contributed by atoms with Gasteiger partial charge in [-0.25, -0.2) is 0 Å². The zero-order chi connectivity index (χ0) is 10.4. The number of aryl methyl sites for hydroxylation is 1. The summed E-state index contributed by atoms with van der Waals surface area (Å²) in [4.78, 5) is 1.51. The van der Waals surface area contributed by atoms with Gasteiger partial charge in [0.1, 0.15) is 0 Å². The molecule has 0 radical (unpaired) electrons. The Bertz CT molecular complexity index is 374. The SMILES string of the molecule is CC1CC1NC1CCCc2sc(Cl)cc21. The van der Waals surface area contributed by atoms with Crippen LogP contribution in [-0.4, -0.2) is 6.04 Å². The zero-order valence-corrected chi connectivity index (χ0v) is 10.5. The summed E-state index contributed by atoms with van der Waals surface area (Å²) in [5.74, 6) is 0.879. The average Bonchev–Trinajstić information content (AvgIpc) is 2.74. The summed E-state index contributed by atoms with van der Waals surface area (Å²) in [5, 5.41) is 3.76. The summed E-state index contributed by atoms with van der Waals surface area (Å²) < 4.78 is 0.956. The molecule has 3 heteroatoms. The summed E-state index contributed by atoms with van der Waals surface area (Å²) in [6.07, 6.45) is 5.17. The van der Waals surface area contributed by atoms with E-state index in [4.69, 9.17) is 11.6 Å². The van der Waals surface area contributed by atoms with Gasteiger partial charge in [-0.15, -0.1) is 11.3 Å². The Hall–Kier alpha value is -0.0500. The van der Waals surface area contributed by atoms with Gasteiger partial charge in [0.05, 0.1) is 4.34 Å². The largest absolute Gasteiger partial charge is 0.307 e. The Morgan fingerprint density at radius 2 is 2.33 bits per heavy atom. The van der Waals surface area contributed by atoms with Crippen LogP contribution in [0.4, 0.5) is 0 Å². The Labute approximate surface area is 99.8 Å². The average molecular weight is 242 g/mol. The lowest BCUT2D eigenvalue weighted by Gasteiger charge is -2.23. The fourth-order valence-corrected chi connectivity index (χ4v) is 3.89. The van der Waals surface area contributed by atoms with Gasteiger partial charge in [-0.05, 0) is 43.2 Å². The van der Waals surface area contributed by atoms with E-state index >= 15 is 0 Å². The molecular weight excluding hydrogens is 226 g/mol. The fraction of sp³-hybridized carbons (Fsp3) is 0.667. The minimum Gasteiger partial charge on any atom is -0.307 e. The van der Waals surface area contributed by atoms with Crippen molar-refractivity contribution in [2.24, 2.45) is 5.92 Å². The van der Waals surface area contributed by atoms with Gasteiger partial charge < -0.3 is 5.32 Å². The highest BCUT2D eigenvalue weighted by Crippen LogP contribution is 2.40. The van der Waals surface area contributed by atoms with Crippen molar-refractivity contribution >= 4 is 22.9 Å². The van der Waals surface area contributed by atoms with E-state index in [1.165, 1.54) is 36.1 Å². The maximum Gasteiger partial charge on any atom is 0.0934 e. The molecule has 0 aromatic carbocycles. The van der Waals surface area contributed by atoms with Gasteiger partial charge in [0.2, 0.25) is 0 Å². The third-order valence-electron chi connectivity index (χ3n) is 3.61. The third-order valence-corrected chi connectivity index (χ3v) is 4.95. The number of hydrogen-bond acceptors (Lipinski definition) is 2. The Balaban J connectivity index is 1.79. The van der Waals surface area contributed by atoms with Crippen molar-refractivity contribution < 1.29 is 0 Å². The summed E-state index contributed by atoms with van der Waals surface area (Å²) in [6.45, 7) is 2.32. The smallest absolute Gasteiger partial charge is 0.0934 e. The van der Waals surface area contributed by atoms with Crippen LogP contribution in [0.15, 0.2) is 6.07 Å². The quantitative estimate of drug-likeness (QED) is 0.831. The lowest BCUT2D eigenvalue weighted by molar-refractivity contribution is 0.452. The molecule has 1 heterocycles. The van der Waals surface area contributed by atoms with Gasteiger partial charge in [0.15, 0.2) is 0 Å². The van der Waals surface area contributed by atoms with Crippen molar-refractivity contribution in [3.8, 4) is 0 Å². The highest BCUT2D eigenvalue weighted by atomic mass is 35.5. The van der Waals surface area contributed by atoms with Crippen LogP contribution in [0, 0.1) is 5.92 Å². The van der Waals surface area contributed by atoms with E-state index in [2.05, 4.69) is 18.3 Å². The molecular formula is C12H16ClNS. The number of nitrogens with one attached hydrogen (secondary N) is 1. The normalized spacial score (nSPS) is 33.9. The molecule has 1 N–H and O–H groups in total. The van der Waals surface area contributed by atoms with Crippen LogP contribution in [0.5, 0.6) is 0 Å². The predicted octanol–water partition coefficient (Wildman–Crippen LogP) is 3.78. The van der Waals surface area contributed by atoms with Crippen LogP contribution in [-0.2, 0) is 6.42 Å². The Morgan fingerprint density at radius 1 is 1.53 bits per heavy atom. The Kier molecular flexibility index (Phi) is 2.54. The molecule has 82 valence electrons. The van der Waals surface area contributed by atoms with Crippen molar-refractivity contribution in [1.29, 1.82) is 0 Å². The van der Waals surface area contributed by atoms with Crippen molar-refractivity contribution in [3.05, 3.63) is 20.8 Å². The summed E-state index contributed by atoms with van der Waals surface area (Å²) in [7, 11) is 0. The summed E-state index contributed by atoms with van der Waals surface area (Å²) in [5.41, 5.74) is 1.48. The molecule has 0 saturated heterocycles. The maximum absolute atomic E-state index is 6.09. The van der Waals surface area contributed by atoms with E-state index in [0.29, 0.717) is 6.04 Å². The van der Waals surface area contributed by atoms with Crippen LogP contribution >= 0.6 is 22.9 Å². The van der Waals surface area contributed by atoms with Crippen LogP contribution in [0.1, 0.15) is 42.7 Å². The van der Waals surface area contributed by atoms with Gasteiger partial charge in [0.25, 0.3) is 0 Å². The van der Waals surface area contributed by atoms with E-state index in [1.54, 1.807) is 11.3 Å². The molecule has 1 saturated carbocycles. The fourth-order valence-electron chi connectivity index (χ4n) is 2.51. The second-order valence-corrected chi connectivity index (χ2v) is 6.63. The molecule has 1 nitrogen and oxygen atoms in total. The molecule has 1 aromatic heterocycles. The number of fused-ring (bicyclic) bond motifs is 1. The molecule has 1 fully saturated rings. The van der Waals surface area contributed by atoms with E-state index in [1.807, 2.05) is 0 Å². The standard InChI is InChI=1S/C12H16ClNS/c1-7-5-10(7)14-9-3-2-4-11-8(9)6-12(13)15-11/h6-7,9-10,14H,2-5H2,1H3. The predicted molar refractivity (Wildman–Crippen MR) is 65.7 cm³/mol. The first-order valence-corrected chi connectivity index (χ1v) is 6.97. The highest BCUT2D eigenvalue weighted by Gasteiger charge is 2.35. The monoisotopic (exact) mass is 241 g/mol. The van der Waals surface area contributed by atoms with Crippen molar-refractivity contribution in [3.63, 3.8) is 0 Å². The number of hydrogen-bond donors (Lipinski definition) is 1. The van der Waals surface area contributed by atoms with Crippen LogP contribution < -0.4 is 5.32 Å². The van der Waals surface area contributed by atoms with Crippen molar-refractivity contribution in [2.45, 2.75) is 44.7 Å². The molecule has 0 amide bonds. The van der Waals surface area contributed by atoms with E-state index in [9.17, 15) is 0 Å². The first-order valence-electron chi connectivity index (χ1n) is 5.78. The number of rotatable bonds is 2. The van der Waals surface area contributed by atoms with Crippen LogP contribution in [0.3, 0.4) is 0 Å². The van der Waals surface area contributed by atoms with Gasteiger partial charge in [-0.3, -0.25) is 0 Å². The molecule has 2 aliphatic rings. The number of halogens is 1. The van der Waals surface area contributed by atoms with E-state index < -0.39 is 0 Å². The first-order chi connectivity index (χ1) is 7.24. The minimum atomic E-state index is 0.576. The molecule has 3 unspecified atom stereocenters. The van der Waals surface area contributed by atoms with E-state index in [0.717, 1.165) is 16.3 Å². The van der Waals surface area contributed by atoms with Crippen LogP contribution in [0.25, 0.3) is 0 Å². The second-order valence-electron chi connectivity index (χ2n) is 4.86. The molecule has 0 aliphatic heterocycles. The second kappa shape index (κ2) is 3.76. The van der Waals surface area contributed by atoms with Gasteiger partial charge in [0, 0.05) is 17.0 Å². The lowest BCUT2D eigenvalue weighted by Crippen LogP contribution is -2.26. The molecule has 0 spiro atoms. The highest BCUT2D eigenvalue weighted by molar-refractivity contribution is 7.16. The van der Waals surface area contributed by atoms with Crippen molar-refractivity contribution in [1.82, 2.24) is 5.32 Å². The maximum atomic E-state index is 6.09. The Morgan fingerprint density at radius 3 is 3.07 bits per heavy atom. The lowest BCUT2D eigenvalue weighted by atomic mass is 9.94. The minimum absolute atomic E-state index is 0.576. The molecule has 3 atom stereocenters. The van der Waals surface area contributed by atoms with Gasteiger partial charge in [-0.1, -0.05) is 18.5 Å². The first kappa shape index (κ1) is 10.1. The molecule has 1 aromatic rings. The van der Waals surface area contributed by atoms with Crippen LogP contribution in [0.2, 0.25) is 4.34 Å². The molecule has 3 rings (SSSR count). The third kappa shape index (κ3) is 1.95. The molecule has 2 aliphatic carbocycles.